The van der Waals surface area contributed by atoms with Crippen LogP contribution in [0.2, 0.25) is 0 Å². The number of nitrogens with one attached hydrogen (secondary N) is 1. The summed E-state index contributed by atoms with van der Waals surface area (Å²) in [5.41, 5.74) is 0.570. The molecule has 0 fully saturated rings. The first kappa shape index (κ1) is 16.7. The normalized spacial score (nSPS) is 12.8. The minimum Gasteiger partial charge on any atom is -0.494 e. The largest absolute Gasteiger partial charge is 0.494 e. The van der Waals surface area contributed by atoms with Gasteiger partial charge < -0.3 is 10.1 Å². The maximum atomic E-state index is 12.1. The quantitative estimate of drug-likeness (QED) is 0.876. The number of carbonyl (C=O) groups excluding carboxylic acids is 1. The molecule has 0 bridgehead atoms. The molecule has 0 saturated carbocycles. The predicted molar refractivity (Wildman–Crippen MR) is 82.2 cm³/mol. The van der Waals surface area contributed by atoms with Gasteiger partial charge in [0.1, 0.15) is 11.5 Å². The zero-order valence-electron chi connectivity index (χ0n) is 12.6. The molecule has 0 aromatic heterocycles. The molecule has 1 N–H and O–H groups in total. The molecule has 0 aliphatic heterocycles. The fourth-order valence-corrected chi connectivity index (χ4v) is 2.80. The van der Waals surface area contributed by atoms with Crippen LogP contribution in [0.3, 0.4) is 0 Å². The van der Waals surface area contributed by atoms with Gasteiger partial charge in [-0.1, -0.05) is 18.2 Å². The van der Waals surface area contributed by atoms with Crippen LogP contribution in [0.25, 0.3) is 0 Å². The van der Waals surface area contributed by atoms with Crippen LogP contribution in [0.4, 0.5) is 0 Å². The Hall–Kier alpha value is -1.36. The Bertz CT molecular complexity index is 480. The van der Waals surface area contributed by atoms with E-state index >= 15 is 0 Å². The van der Waals surface area contributed by atoms with E-state index in [1.54, 1.807) is 0 Å². The number of carbonyl (C=O) groups is 1. The minimum absolute atomic E-state index is 0.0116. The van der Waals surface area contributed by atoms with E-state index in [9.17, 15) is 9.00 Å². The van der Waals surface area contributed by atoms with E-state index in [2.05, 4.69) is 5.32 Å². The van der Waals surface area contributed by atoms with Gasteiger partial charge in [-0.05, 0) is 33.8 Å². The van der Waals surface area contributed by atoms with Crippen molar-refractivity contribution in [3.05, 3.63) is 29.8 Å². The lowest BCUT2D eigenvalue weighted by Crippen LogP contribution is -2.42. The lowest BCUT2D eigenvalue weighted by Gasteiger charge is -2.20. The maximum absolute atomic E-state index is 12.1. The SMILES string of the molecule is CCOc1ccccc1CS(=O)CC(=O)NC(C)(C)C. The molecule has 1 aromatic carbocycles. The van der Waals surface area contributed by atoms with Crippen molar-refractivity contribution < 1.29 is 13.7 Å². The topological polar surface area (TPSA) is 55.4 Å². The molecule has 1 amide bonds. The first-order valence-corrected chi connectivity index (χ1v) is 8.17. The van der Waals surface area contributed by atoms with Gasteiger partial charge in [0.05, 0.1) is 12.4 Å². The van der Waals surface area contributed by atoms with Crippen LogP contribution in [0.1, 0.15) is 33.3 Å². The number of benzene rings is 1. The Labute approximate surface area is 123 Å². The molecule has 1 rings (SSSR count). The van der Waals surface area contributed by atoms with Gasteiger partial charge in [-0.25, -0.2) is 0 Å². The number of hydrogen-bond acceptors (Lipinski definition) is 3. The van der Waals surface area contributed by atoms with Crippen molar-refractivity contribution in [2.24, 2.45) is 0 Å². The van der Waals surface area contributed by atoms with E-state index in [0.29, 0.717) is 12.4 Å². The van der Waals surface area contributed by atoms with E-state index in [4.69, 9.17) is 4.74 Å². The molecule has 4 nitrogen and oxygen atoms in total. The first-order valence-electron chi connectivity index (χ1n) is 6.68. The second-order valence-corrected chi connectivity index (χ2v) is 7.02. The zero-order valence-corrected chi connectivity index (χ0v) is 13.4. The van der Waals surface area contributed by atoms with Crippen LogP contribution in [-0.4, -0.2) is 28.0 Å². The van der Waals surface area contributed by atoms with E-state index in [1.807, 2.05) is 52.0 Å². The molecule has 112 valence electrons. The average Bonchev–Trinajstić information content (AvgIpc) is 2.29. The molecule has 0 radical (unpaired) electrons. The van der Waals surface area contributed by atoms with Crippen molar-refractivity contribution in [1.82, 2.24) is 5.32 Å². The summed E-state index contributed by atoms with van der Waals surface area (Å²) >= 11 is 0. The number of hydrogen-bond donors (Lipinski definition) is 1. The summed E-state index contributed by atoms with van der Waals surface area (Å²) in [5, 5.41) is 2.81. The highest BCUT2D eigenvalue weighted by atomic mass is 32.2. The summed E-state index contributed by atoms with van der Waals surface area (Å²) in [6.45, 7) is 8.17. The molecular formula is C15H23NO3S. The molecule has 20 heavy (non-hydrogen) atoms. The summed E-state index contributed by atoms with van der Waals surface area (Å²) < 4.78 is 17.5. The standard InChI is InChI=1S/C15H23NO3S/c1-5-19-13-9-7-6-8-12(13)10-20(18)11-14(17)16-15(2,3)4/h6-9H,5,10-11H2,1-4H3,(H,16,17). The Morgan fingerprint density at radius 2 is 1.95 bits per heavy atom. The Kier molecular flexibility index (Phi) is 6.20. The van der Waals surface area contributed by atoms with Crippen LogP contribution >= 0.6 is 0 Å². The molecule has 0 saturated heterocycles. The second kappa shape index (κ2) is 7.43. The van der Waals surface area contributed by atoms with Gasteiger partial charge in [0.15, 0.2) is 0 Å². The molecule has 1 aromatic rings. The average molecular weight is 297 g/mol. The lowest BCUT2D eigenvalue weighted by atomic mass is 10.1. The number of para-hydroxylation sites is 1. The van der Waals surface area contributed by atoms with Crippen molar-refractivity contribution in [2.75, 3.05) is 12.4 Å². The summed E-state index contributed by atoms with van der Waals surface area (Å²) in [7, 11) is -1.24. The molecule has 5 heteroatoms. The molecule has 0 aliphatic carbocycles. The van der Waals surface area contributed by atoms with E-state index in [-0.39, 0.29) is 17.2 Å². The van der Waals surface area contributed by atoms with Gasteiger partial charge in [0.2, 0.25) is 5.91 Å². The highest BCUT2D eigenvalue weighted by Gasteiger charge is 2.16. The minimum atomic E-state index is -1.24. The summed E-state index contributed by atoms with van der Waals surface area (Å²) in [6, 6.07) is 7.49. The van der Waals surface area contributed by atoms with Crippen LogP contribution in [0.15, 0.2) is 24.3 Å². The number of ether oxygens (including phenoxy) is 1. The van der Waals surface area contributed by atoms with Crippen LogP contribution in [0, 0.1) is 0 Å². The highest BCUT2D eigenvalue weighted by Crippen LogP contribution is 2.19. The van der Waals surface area contributed by atoms with Crippen LogP contribution in [0.5, 0.6) is 5.75 Å². The molecule has 0 heterocycles. The van der Waals surface area contributed by atoms with E-state index < -0.39 is 10.8 Å². The van der Waals surface area contributed by atoms with Gasteiger partial charge in [-0.2, -0.15) is 0 Å². The summed E-state index contributed by atoms with van der Waals surface area (Å²) in [5.74, 6) is 0.884. The van der Waals surface area contributed by atoms with Crippen molar-refractivity contribution in [3.63, 3.8) is 0 Å². The molecule has 0 aliphatic rings. The monoisotopic (exact) mass is 297 g/mol. The van der Waals surface area contributed by atoms with Crippen molar-refractivity contribution in [2.45, 2.75) is 39.0 Å². The molecule has 1 unspecified atom stereocenters. The third kappa shape index (κ3) is 6.19. The predicted octanol–water partition coefficient (Wildman–Crippen LogP) is 2.25. The van der Waals surface area contributed by atoms with Crippen molar-refractivity contribution in [3.8, 4) is 5.75 Å². The van der Waals surface area contributed by atoms with Gasteiger partial charge >= 0.3 is 0 Å². The summed E-state index contributed by atoms with van der Waals surface area (Å²) in [6.07, 6.45) is 0. The maximum Gasteiger partial charge on any atom is 0.233 e. The van der Waals surface area contributed by atoms with Crippen molar-refractivity contribution >= 4 is 16.7 Å². The second-order valence-electron chi connectivity index (χ2n) is 5.57. The van der Waals surface area contributed by atoms with Gasteiger partial charge in [-0.3, -0.25) is 9.00 Å². The van der Waals surface area contributed by atoms with E-state index in [0.717, 1.165) is 11.3 Å². The first-order chi connectivity index (χ1) is 9.31. The van der Waals surface area contributed by atoms with E-state index in [1.165, 1.54) is 0 Å². The van der Waals surface area contributed by atoms with Crippen LogP contribution < -0.4 is 10.1 Å². The van der Waals surface area contributed by atoms with Gasteiger partial charge in [0, 0.05) is 21.9 Å². The Morgan fingerprint density at radius 3 is 2.55 bits per heavy atom. The molecule has 1 atom stereocenters. The number of rotatable bonds is 6. The molecular weight excluding hydrogens is 274 g/mol. The fraction of sp³-hybridized carbons (Fsp3) is 0.533. The Morgan fingerprint density at radius 1 is 1.30 bits per heavy atom. The van der Waals surface area contributed by atoms with Gasteiger partial charge in [-0.15, -0.1) is 0 Å². The van der Waals surface area contributed by atoms with Crippen molar-refractivity contribution in [1.29, 1.82) is 0 Å². The third-order valence-corrected chi connectivity index (χ3v) is 3.61. The Balaban J connectivity index is 2.61. The zero-order chi connectivity index (χ0) is 15.2. The number of amides is 1. The lowest BCUT2D eigenvalue weighted by molar-refractivity contribution is -0.119. The summed E-state index contributed by atoms with van der Waals surface area (Å²) in [4.78, 5) is 11.7. The smallest absolute Gasteiger partial charge is 0.233 e. The van der Waals surface area contributed by atoms with Gasteiger partial charge in [0.25, 0.3) is 0 Å². The molecule has 0 spiro atoms. The highest BCUT2D eigenvalue weighted by molar-refractivity contribution is 7.84. The third-order valence-electron chi connectivity index (χ3n) is 2.40. The fourth-order valence-electron chi connectivity index (χ4n) is 1.74. The van der Waals surface area contributed by atoms with Crippen LogP contribution in [-0.2, 0) is 21.3 Å².